The minimum Gasteiger partial charge on any atom is -0.342 e. The minimum atomic E-state index is -0.278. The van der Waals surface area contributed by atoms with Gasteiger partial charge in [0.05, 0.1) is 11.0 Å². The first kappa shape index (κ1) is 13.5. The van der Waals surface area contributed by atoms with E-state index in [2.05, 4.69) is 21.2 Å². The second-order valence-corrected chi connectivity index (χ2v) is 5.29. The van der Waals surface area contributed by atoms with Crippen LogP contribution in [0.15, 0.2) is 22.7 Å². The van der Waals surface area contributed by atoms with E-state index in [4.69, 9.17) is 0 Å². The Hall–Kier alpha value is -0.940. The molecule has 0 aliphatic carbocycles. The van der Waals surface area contributed by atoms with Crippen molar-refractivity contribution in [3.63, 3.8) is 0 Å². The molecule has 1 amide bonds. The van der Waals surface area contributed by atoms with E-state index in [-0.39, 0.29) is 11.7 Å². The predicted molar refractivity (Wildman–Crippen MR) is 71.6 cm³/mol. The van der Waals surface area contributed by atoms with Gasteiger partial charge in [0, 0.05) is 19.6 Å². The molecule has 1 heterocycles. The number of likely N-dealkylation sites (tertiary alicyclic amines) is 1. The Morgan fingerprint density at radius 3 is 2.78 bits per heavy atom. The van der Waals surface area contributed by atoms with Gasteiger partial charge < -0.3 is 10.2 Å². The summed E-state index contributed by atoms with van der Waals surface area (Å²) in [5.74, 6) is -0.148. The smallest absolute Gasteiger partial charge is 0.236 e. The first-order valence-corrected chi connectivity index (χ1v) is 6.88. The Balaban J connectivity index is 1.77. The lowest BCUT2D eigenvalue weighted by Gasteiger charge is -2.15. The van der Waals surface area contributed by atoms with Crippen molar-refractivity contribution in [1.29, 1.82) is 0 Å². The molecule has 98 valence electrons. The molecule has 1 saturated heterocycles. The highest BCUT2D eigenvalue weighted by Gasteiger charge is 2.16. The zero-order valence-corrected chi connectivity index (χ0v) is 11.7. The number of carbonyl (C=O) groups is 1. The van der Waals surface area contributed by atoms with Gasteiger partial charge in [0.1, 0.15) is 5.82 Å². The SMILES string of the molecule is O=C(CNCc1ccc(Br)c(F)c1)N1CCCC1. The second kappa shape index (κ2) is 6.29. The summed E-state index contributed by atoms with van der Waals surface area (Å²) < 4.78 is 13.7. The Labute approximate surface area is 114 Å². The zero-order chi connectivity index (χ0) is 13.0. The van der Waals surface area contributed by atoms with Crippen molar-refractivity contribution < 1.29 is 9.18 Å². The Morgan fingerprint density at radius 2 is 2.11 bits per heavy atom. The first-order valence-electron chi connectivity index (χ1n) is 6.09. The van der Waals surface area contributed by atoms with Gasteiger partial charge >= 0.3 is 0 Å². The molecule has 0 unspecified atom stereocenters. The van der Waals surface area contributed by atoms with Gasteiger partial charge in [-0.05, 0) is 46.5 Å². The summed E-state index contributed by atoms with van der Waals surface area (Å²) in [5, 5.41) is 3.05. The monoisotopic (exact) mass is 314 g/mol. The minimum absolute atomic E-state index is 0.130. The summed E-state index contributed by atoms with van der Waals surface area (Å²) in [4.78, 5) is 13.6. The number of carbonyl (C=O) groups excluding carboxylic acids is 1. The standard InChI is InChI=1S/C13H16BrFN2O/c14-11-4-3-10(7-12(11)15)8-16-9-13(18)17-5-1-2-6-17/h3-4,7,16H,1-2,5-6,8-9H2. The van der Waals surface area contributed by atoms with Crippen LogP contribution in [0.5, 0.6) is 0 Å². The molecule has 5 heteroatoms. The number of halogens is 2. The third-order valence-electron chi connectivity index (χ3n) is 3.05. The normalized spacial score (nSPS) is 15.1. The molecular formula is C13H16BrFN2O. The fourth-order valence-electron chi connectivity index (χ4n) is 2.04. The number of nitrogens with zero attached hydrogens (tertiary/aromatic N) is 1. The molecule has 0 atom stereocenters. The molecule has 0 bridgehead atoms. The largest absolute Gasteiger partial charge is 0.342 e. The summed E-state index contributed by atoms with van der Waals surface area (Å²) in [6.07, 6.45) is 2.20. The van der Waals surface area contributed by atoms with Gasteiger partial charge in [-0.25, -0.2) is 4.39 Å². The molecule has 0 aromatic heterocycles. The lowest BCUT2D eigenvalue weighted by Crippen LogP contribution is -2.35. The third-order valence-corrected chi connectivity index (χ3v) is 3.69. The zero-order valence-electron chi connectivity index (χ0n) is 10.1. The highest BCUT2D eigenvalue weighted by molar-refractivity contribution is 9.10. The highest BCUT2D eigenvalue weighted by atomic mass is 79.9. The van der Waals surface area contributed by atoms with Gasteiger partial charge in [-0.1, -0.05) is 6.07 Å². The van der Waals surface area contributed by atoms with Gasteiger partial charge in [0.25, 0.3) is 0 Å². The predicted octanol–water partition coefficient (Wildman–Crippen LogP) is 2.30. The summed E-state index contributed by atoms with van der Waals surface area (Å²) in [7, 11) is 0. The average molecular weight is 315 g/mol. The third kappa shape index (κ3) is 3.53. The maximum atomic E-state index is 13.3. The van der Waals surface area contributed by atoms with E-state index in [1.807, 2.05) is 11.0 Å². The molecule has 3 nitrogen and oxygen atoms in total. The molecule has 1 aliphatic rings. The van der Waals surface area contributed by atoms with Crippen LogP contribution in [0.2, 0.25) is 0 Å². The molecule has 1 aliphatic heterocycles. The van der Waals surface area contributed by atoms with Gasteiger partial charge in [0.15, 0.2) is 0 Å². The van der Waals surface area contributed by atoms with Crippen LogP contribution in [0, 0.1) is 5.82 Å². The van der Waals surface area contributed by atoms with E-state index in [0.29, 0.717) is 17.6 Å². The van der Waals surface area contributed by atoms with Crippen LogP contribution in [0.25, 0.3) is 0 Å². The maximum absolute atomic E-state index is 13.3. The van der Waals surface area contributed by atoms with Crippen molar-refractivity contribution >= 4 is 21.8 Å². The summed E-state index contributed by atoms with van der Waals surface area (Å²) in [6.45, 7) is 2.56. The second-order valence-electron chi connectivity index (χ2n) is 4.44. The van der Waals surface area contributed by atoms with Crippen molar-refractivity contribution in [3.05, 3.63) is 34.1 Å². The van der Waals surface area contributed by atoms with Crippen molar-refractivity contribution in [1.82, 2.24) is 10.2 Å². The fraction of sp³-hybridized carbons (Fsp3) is 0.462. The van der Waals surface area contributed by atoms with E-state index >= 15 is 0 Å². The van der Waals surface area contributed by atoms with E-state index < -0.39 is 0 Å². The molecule has 1 fully saturated rings. The van der Waals surface area contributed by atoms with E-state index in [9.17, 15) is 9.18 Å². The quantitative estimate of drug-likeness (QED) is 0.925. The van der Waals surface area contributed by atoms with Gasteiger partial charge in [-0.3, -0.25) is 4.79 Å². The fourth-order valence-corrected chi connectivity index (χ4v) is 2.29. The van der Waals surface area contributed by atoms with Crippen molar-refractivity contribution in [2.75, 3.05) is 19.6 Å². The van der Waals surface area contributed by atoms with E-state index in [1.54, 1.807) is 6.07 Å². The number of hydrogen-bond donors (Lipinski definition) is 1. The first-order chi connectivity index (χ1) is 8.66. The van der Waals surface area contributed by atoms with Crippen LogP contribution < -0.4 is 5.32 Å². The highest BCUT2D eigenvalue weighted by Crippen LogP contribution is 2.16. The summed E-state index contributed by atoms with van der Waals surface area (Å²) >= 11 is 3.11. The Bertz CT molecular complexity index is 433. The summed E-state index contributed by atoms with van der Waals surface area (Å²) in [5.41, 5.74) is 0.838. The van der Waals surface area contributed by atoms with Crippen LogP contribution in [-0.4, -0.2) is 30.4 Å². The summed E-state index contributed by atoms with van der Waals surface area (Å²) in [6, 6.07) is 4.98. The molecule has 2 rings (SSSR count). The number of hydrogen-bond acceptors (Lipinski definition) is 2. The molecule has 0 radical (unpaired) electrons. The van der Waals surface area contributed by atoms with Gasteiger partial charge in [0.2, 0.25) is 5.91 Å². The Kier molecular flexibility index (Phi) is 4.72. The van der Waals surface area contributed by atoms with Crippen LogP contribution in [0.3, 0.4) is 0 Å². The van der Waals surface area contributed by atoms with Crippen molar-refractivity contribution in [2.24, 2.45) is 0 Å². The average Bonchev–Trinajstić information content (AvgIpc) is 2.87. The number of amides is 1. The number of nitrogens with one attached hydrogen (secondary N) is 1. The van der Waals surface area contributed by atoms with Gasteiger partial charge in [-0.15, -0.1) is 0 Å². The molecule has 0 saturated carbocycles. The van der Waals surface area contributed by atoms with Crippen molar-refractivity contribution in [3.8, 4) is 0 Å². The molecule has 0 spiro atoms. The molecule has 1 aromatic rings. The maximum Gasteiger partial charge on any atom is 0.236 e. The lowest BCUT2D eigenvalue weighted by molar-refractivity contribution is -0.129. The molecular weight excluding hydrogens is 299 g/mol. The van der Waals surface area contributed by atoms with E-state index in [0.717, 1.165) is 31.5 Å². The van der Waals surface area contributed by atoms with Crippen LogP contribution in [0.4, 0.5) is 4.39 Å². The molecule has 1 aromatic carbocycles. The Morgan fingerprint density at radius 1 is 1.39 bits per heavy atom. The van der Waals surface area contributed by atoms with Gasteiger partial charge in [-0.2, -0.15) is 0 Å². The lowest BCUT2D eigenvalue weighted by atomic mass is 10.2. The van der Waals surface area contributed by atoms with Crippen LogP contribution in [-0.2, 0) is 11.3 Å². The molecule has 1 N–H and O–H groups in total. The number of rotatable bonds is 4. The number of benzene rings is 1. The molecule has 18 heavy (non-hydrogen) atoms. The van der Waals surface area contributed by atoms with Crippen LogP contribution in [0.1, 0.15) is 18.4 Å². The van der Waals surface area contributed by atoms with Crippen molar-refractivity contribution in [2.45, 2.75) is 19.4 Å². The van der Waals surface area contributed by atoms with Crippen LogP contribution >= 0.6 is 15.9 Å². The topological polar surface area (TPSA) is 32.3 Å². The van der Waals surface area contributed by atoms with E-state index in [1.165, 1.54) is 6.07 Å².